The Balaban J connectivity index is 1.34. The van der Waals surface area contributed by atoms with Gasteiger partial charge in [-0.1, -0.05) is 42.1 Å². The van der Waals surface area contributed by atoms with Gasteiger partial charge in [-0.25, -0.2) is 4.79 Å². The fourth-order valence-electron chi connectivity index (χ4n) is 4.15. The first-order valence-corrected chi connectivity index (χ1v) is 11.8. The number of amides is 1. The van der Waals surface area contributed by atoms with E-state index >= 15 is 0 Å². The molecular formula is C27H23N3O3S. The summed E-state index contributed by atoms with van der Waals surface area (Å²) < 4.78 is 7.53. The highest BCUT2D eigenvalue weighted by Gasteiger charge is 2.29. The number of esters is 1. The van der Waals surface area contributed by atoms with Crippen molar-refractivity contribution in [3.8, 4) is 0 Å². The SMILES string of the molecule is Cc1cc(C(=O)OCC(=O)N2c3ccccc3Sc3ccccc32)c(C)n1Cc1ccccn1. The molecule has 1 amide bonds. The molecule has 5 rings (SSSR count). The van der Waals surface area contributed by atoms with Gasteiger partial charge in [-0.05, 0) is 56.3 Å². The lowest BCUT2D eigenvalue weighted by Crippen LogP contribution is -2.32. The van der Waals surface area contributed by atoms with E-state index in [0.29, 0.717) is 12.1 Å². The molecule has 2 aromatic carbocycles. The average Bonchev–Trinajstić information content (AvgIpc) is 3.14. The van der Waals surface area contributed by atoms with Crippen LogP contribution in [0, 0.1) is 13.8 Å². The molecule has 1 aliphatic rings. The zero-order valence-electron chi connectivity index (χ0n) is 18.9. The molecule has 7 heteroatoms. The standard InChI is InChI=1S/C27H23N3O3S/c1-18-15-21(19(2)29(18)16-20-9-7-8-14-28-20)27(32)33-17-26(31)30-22-10-3-5-12-24(22)34-25-13-6-4-11-23(25)30/h3-15H,16-17H2,1-2H3. The fourth-order valence-corrected chi connectivity index (χ4v) is 5.21. The summed E-state index contributed by atoms with van der Waals surface area (Å²) >= 11 is 1.62. The van der Waals surface area contributed by atoms with Crippen LogP contribution in [0.25, 0.3) is 0 Å². The fraction of sp³-hybridized carbons (Fsp3) is 0.148. The van der Waals surface area contributed by atoms with Crippen LogP contribution in [0.4, 0.5) is 11.4 Å². The molecule has 0 fully saturated rings. The van der Waals surface area contributed by atoms with Crippen LogP contribution in [-0.4, -0.2) is 28.0 Å². The third-order valence-corrected chi connectivity index (χ3v) is 6.98. The van der Waals surface area contributed by atoms with Gasteiger partial charge in [-0.3, -0.25) is 14.7 Å². The van der Waals surface area contributed by atoms with Crippen molar-refractivity contribution in [3.05, 3.63) is 102 Å². The molecule has 170 valence electrons. The Labute approximate surface area is 202 Å². The maximum Gasteiger partial charge on any atom is 0.340 e. The Morgan fingerprint density at radius 1 is 0.912 bits per heavy atom. The van der Waals surface area contributed by atoms with E-state index in [0.717, 1.165) is 38.2 Å². The van der Waals surface area contributed by atoms with E-state index in [-0.39, 0.29) is 12.5 Å². The van der Waals surface area contributed by atoms with Crippen molar-refractivity contribution in [1.29, 1.82) is 0 Å². The van der Waals surface area contributed by atoms with Crippen LogP contribution >= 0.6 is 11.8 Å². The number of anilines is 2. The van der Waals surface area contributed by atoms with Gasteiger partial charge in [-0.2, -0.15) is 0 Å². The minimum atomic E-state index is -0.512. The van der Waals surface area contributed by atoms with Gasteiger partial charge in [0.1, 0.15) is 0 Å². The minimum Gasteiger partial charge on any atom is -0.452 e. The summed E-state index contributed by atoms with van der Waals surface area (Å²) in [5, 5.41) is 0. The van der Waals surface area contributed by atoms with Crippen molar-refractivity contribution in [2.24, 2.45) is 0 Å². The molecule has 0 saturated heterocycles. The number of hydrogen-bond donors (Lipinski definition) is 0. The van der Waals surface area contributed by atoms with Crippen molar-refractivity contribution in [3.63, 3.8) is 0 Å². The molecule has 1 aliphatic heterocycles. The number of aryl methyl sites for hydroxylation is 1. The predicted molar refractivity (Wildman–Crippen MR) is 132 cm³/mol. The average molecular weight is 470 g/mol. The lowest BCUT2D eigenvalue weighted by atomic mass is 10.2. The van der Waals surface area contributed by atoms with Crippen molar-refractivity contribution in [2.45, 2.75) is 30.2 Å². The molecule has 34 heavy (non-hydrogen) atoms. The van der Waals surface area contributed by atoms with Crippen LogP contribution in [0.1, 0.15) is 27.4 Å². The Kier molecular flexibility index (Phi) is 5.94. The zero-order valence-corrected chi connectivity index (χ0v) is 19.7. The van der Waals surface area contributed by atoms with Gasteiger partial charge < -0.3 is 9.30 Å². The maximum absolute atomic E-state index is 13.3. The Morgan fingerprint density at radius 3 is 2.21 bits per heavy atom. The van der Waals surface area contributed by atoms with Crippen molar-refractivity contribution >= 4 is 35.0 Å². The third-order valence-electron chi connectivity index (χ3n) is 5.85. The molecule has 0 atom stereocenters. The van der Waals surface area contributed by atoms with Crippen LogP contribution in [0.15, 0.2) is 88.8 Å². The highest BCUT2D eigenvalue weighted by Crippen LogP contribution is 2.47. The van der Waals surface area contributed by atoms with E-state index in [9.17, 15) is 9.59 Å². The summed E-state index contributed by atoms with van der Waals surface area (Å²) in [5.74, 6) is -0.808. The number of para-hydroxylation sites is 2. The lowest BCUT2D eigenvalue weighted by molar-refractivity contribution is -0.121. The van der Waals surface area contributed by atoms with Crippen molar-refractivity contribution in [1.82, 2.24) is 9.55 Å². The first kappa shape index (κ1) is 22.0. The third kappa shape index (κ3) is 4.10. The summed E-state index contributed by atoms with van der Waals surface area (Å²) in [7, 11) is 0. The number of rotatable bonds is 5. The van der Waals surface area contributed by atoms with Gasteiger partial charge in [0.25, 0.3) is 5.91 Å². The van der Waals surface area contributed by atoms with E-state index in [2.05, 4.69) is 4.98 Å². The van der Waals surface area contributed by atoms with Crippen LogP contribution in [0.5, 0.6) is 0 Å². The molecule has 0 bridgehead atoms. The molecule has 0 radical (unpaired) electrons. The Morgan fingerprint density at radius 2 is 1.56 bits per heavy atom. The van der Waals surface area contributed by atoms with E-state index in [1.54, 1.807) is 28.9 Å². The van der Waals surface area contributed by atoms with E-state index in [1.165, 1.54) is 0 Å². The number of fused-ring (bicyclic) bond motifs is 2. The number of pyridine rings is 1. The van der Waals surface area contributed by atoms with Crippen molar-refractivity contribution < 1.29 is 14.3 Å². The van der Waals surface area contributed by atoms with E-state index in [1.807, 2.05) is 85.1 Å². The van der Waals surface area contributed by atoms with Gasteiger partial charge in [0.05, 0.1) is 29.2 Å². The molecular weight excluding hydrogens is 446 g/mol. The number of aromatic nitrogens is 2. The number of ether oxygens (including phenoxy) is 1. The van der Waals surface area contributed by atoms with Crippen LogP contribution in [-0.2, 0) is 16.1 Å². The smallest absolute Gasteiger partial charge is 0.340 e. The highest BCUT2D eigenvalue weighted by molar-refractivity contribution is 7.99. The molecule has 6 nitrogen and oxygen atoms in total. The summed E-state index contributed by atoms with van der Waals surface area (Å²) in [4.78, 5) is 34.2. The first-order chi connectivity index (χ1) is 16.5. The quantitative estimate of drug-likeness (QED) is 0.360. The summed E-state index contributed by atoms with van der Waals surface area (Å²) in [6, 6.07) is 23.0. The predicted octanol–water partition coefficient (Wildman–Crippen LogP) is 5.53. The maximum atomic E-state index is 13.3. The number of hydrogen-bond acceptors (Lipinski definition) is 5. The molecule has 3 heterocycles. The summed E-state index contributed by atoms with van der Waals surface area (Å²) in [6.45, 7) is 4.03. The first-order valence-electron chi connectivity index (χ1n) is 11.0. The second-order valence-corrected chi connectivity index (χ2v) is 9.12. The topological polar surface area (TPSA) is 64.4 Å². The normalized spacial score (nSPS) is 12.1. The van der Waals surface area contributed by atoms with E-state index in [4.69, 9.17) is 4.74 Å². The zero-order chi connectivity index (χ0) is 23.7. The van der Waals surface area contributed by atoms with E-state index < -0.39 is 5.97 Å². The van der Waals surface area contributed by atoms with Crippen molar-refractivity contribution in [2.75, 3.05) is 11.5 Å². The van der Waals surface area contributed by atoms with Crippen LogP contribution in [0.2, 0.25) is 0 Å². The monoisotopic (exact) mass is 469 g/mol. The molecule has 2 aromatic heterocycles. The molecule has 0 aliphatic carbocycles. The van der Waals surface area contributed by atoms with Gasteiger partial charge in [0.2, 0.25) is 0 Å². The van der Waals surface area contributed by atoms with Crippen LogP contribution < -0.4 is 4.90 Å². The summed E-state index contributed by atoms with van der Waals surface area (Å²) in [5.41, 5.74) is 4.65. The second-order valence-electron chi connectivity index (χ2n) is 8.03. The number of nitrogens with zero attached hydrogens (tertiary/aromatic N) is 3. The van der Waals surface area contributed by atoms with Gasteiger partial charge in [0.15, 0.2) is 6.61 Å². The number of benzene rings is 2. The second kappa shape index (κ2) is 9.19. The van der Waals surface area contributed by atoms with Gasteiger partial charge >= 0.3 is 5.97 Å². The van der Waals surface area contributed by atoms with Gasteiger partial charge in [-0.15, -0.1) is 0 Å². The Bertz CT molecular complexity index is 1340. The molecule has 4 aromatic rings. The summed E-state index contributed by atoms with van der Waals surface area (Å²) in [6.07, 6.45) is 1.75. The number of carbonyl (C=O) groups excluding carboxylic acids is 2. The van der Waals surface area contributed by atoms with Gasteiger partial charge in [0, 0.05) is 27.4 Å². The number of carbonyl (C=O) groups is 2. The molecule has 0 N–H and O–H groups in total. The molecule has 0 unspecified atom stereocenters. The highest BCUT2D eigenvalue weighted by atomic mass is 32.2. The molecule has 0 saturated carbocycles. The minimum absolute atomic E-state index is 0.296. The lowest BCUT2D eigenvalue weighted by Gasteiger charge is -2.30. The van der Waals surface area contributed by atoms with Crippen LogP contribution in [0.3, 0.4) is 0 Å². The largest absolute Gasteiger partial charge is 0.452 e. The Hall–Kier alpha value is -3.84. The molecule has 0 spiro atoms.